The zero-order chi connectivity index (χ0) is 13.7. The minimum absolute atomic E-state index is 0.662. The molecule has 0 radical (unpaired) electrons. The van der Waals surface area contributed by atoms with Crippen LogP contribution in [0.5, 0.6) is 5.75 Å². The topological polar surface area (TPSA) is 59.5 Å². The van der Waals surface area contributed by atoms with Gasteiger partial charge in [0.15, 0.2) is 11.6 Å². The average Bonchev–Trinajstić information content (AvgIpc) is 3.26. The Hall–Kier alpha value is -1.56. The van der Waals surface area contributed by atoms with E-state index in [2.05, 4.69) is 15.3 Å². The molecule has 1 aromatic heterocycles. The van der Waals surface area contributed by atoms with Gasteiger partial charge in [-0.25, -0.2) is 9.97 Å². The lowest BCUT2D eigenvalue weighted by Gasteiger charge is -2.21. The van der Waals surface area contributed by atoms with Crippen molar-refractivity contribution in [2.45, 2.75) is 12.8 Å². The third kappa shape index (κ3) is 3.70. The summed E-state index contributed by atoms with van der Waals surface area (Å²) in [5, 5.41) is 3.00. The van der Waals surface area contributed by atoms with Crippen LogP contribution in [0.15, 0.2) is 6.33 Å². The maximum absolute atomic E-state index is 5.64. The number of ether oxygens (including phenoxy) is 2. The van der Waals surface area contributed by atoms with Crippen molar-refractivity contribution in [1.82, 2.24) is 9.97 Å². The molecule has 6 heteroatoms. The lowest BCUT2D eigenvalue weighted by atomic mass is 10.4. The van der Waals surface area contributed by atoms with Gasteiger partial charge >= 0.3 is 0 Å². The van der Waals surface area contributed by atoms with E-state index in [0.29, 0.717) is 18.2 Å². The molecule has 0 bridgehead atoms. The SMILES string of the molecule is CNc1ncnc(N(C)CCOCC2CC2)c1OC. The van der Waals surface area contributed by atoms with E-state index < -0.39 is 0 Å². The molecule has 1 aromatic rings. The number of methoxy groups -OCH3 is 1. The lowest BCUT2D eigenvalue weighted by molar-refractivity contribution is 0.130. The highest BCUT2D eigenvalue weighted by atomic mass is 16.5. The van der Waals surface area contributed by atoms with Crippen molar-refractivity contribution in [3.63, 3.8) is 0 Å². The summed E-state index contributed by atoms with van der Waals surface area (Å²) >= 11 is 0. The predicted octanol–water partition coefficient (Wildman–Crippen LogP) is 1.39. The predicted molar refractivity (Wildman–Crippen MR) is 74.9 cm³/mol. The second-order valence-corrected chi connectivity index (χ2v) is 4.77. The highest BCUT2D eigenvalue weighted by Crippen LogP contribution is 2.31. The highest BCUT2D eigenvalue weighted by molar-refractivity contribution is 5.64. The van der Waals surface area contributed by atoms with E-state index in [-0.39, 0.29) is 0 Å². The Labute approximate surface area is 114 Å². The van der Waals surface area contributed by atoms with Crippen LogP contribution in [0, 0.1) is 5.92 Å². The van der Waals surface area contributed by atoms with Crippen LogP contribution in [-0.4, -0.2) is 50.9 Å². The molecule has 0 amide bonds. The summed E-state index contributed by atoms with van der Waals surface area (Å²) in [7, 11) is 5.42. The number of nitrogens with zero attached hydrogens (tertiary/aromatic N) is 3. The highest BCUT2D eigenvalue weighted by Gasteiger charge is 2.21. The Morgan fingerprint density at radius 1 is 1.42 bits per heavy atom. The fourth-order valence-corrected chi connectivity index (χ4v) is 1.84. The Morgan fingerprint density at radius 2 is 2.21 bits per heavy atom. The average molecular weight is 266 g/mol. The first-order valence-electron chi connectivity index (χ1n) is 6.62. The van der Waals surface area contributed by atoms with E-state index in [1.165, 1.54) is 19.2 Å². The molecule has 0 unspecified atom stereocenters. The second kappa shape index (κ2) is 6.56. The zero-order valence-electron chi connectivity index (χ0n) is 11.8. The molecule has 2 rings (SSSR count). The van der Waals surface area contributed by atoms with E-state index in [4.69, 9.17) is 9.47 Å². The molecule has 0 atom stereocenters. The van der Waals surface area contributed by atoms with Crippen molar-refractivity contribution in [2.75, 3.05) is 51.2 Å². The van der Waals surface area contributed by atoms with Gasteiger partial charge < -0.3 is 19.7 Å². The molecule has 1 N–H and O–H groups in total. The van der Waals surface area contributed by atoms with Crippen molar-refractivity contribution in [3.05, 3.63) is 6.33 Å². The standard InChI is InChI=1S/C13H22N4O2/c1-14-12-11(18-3)13(16-9-15-12)17(2)6-7-19-8-10-4-5-10/h9-10H,4-8H2,1-3H3,(H,14,15,16). The van der Waals surface area contributed by atoms with Gasteiger partial charge in [-0.1, -0.05) is 0 Å². The van der Waals surface area contributed by atoms with E-state index in [9.17, 15) is 0 Å². The van der Waals surface area contributed by atoms with Crippen LogP contribution in [0.25, 0.3) is 0 Å². The first kappa shape index (κ1) is 13.9. The van der Waals surface area contributed by atoms with Gasteiger partial charge in [0.05, 0.1) is 13.7 Å². The fourth-order valence-electron chi connectivity index (χ4n) is 1.84. The quantitative estimate of drug-likeness (QED) is 0.718. The third-order valence-electron chi connectivity index (χ3n) is 3.21. The minimum atomic E-state index is 0.662. The molecule has 0 spiro atoms. The molecular formula is C13H22N4O2. The molecule has 1 heterocycles. The summed E-state index contributed by atoms with van der Waals surface area (Å²) in [6.45, 7) is 2.37. The maximum atomic E-state index is 5.64. The Morgan fingerprint density at radius 3 is 2.84 bits per heavy atom. The van der Waals surface area contributed by atoms with Crippen LogP contribution in [0.1, 0.15) is 12.8 Å². The van der Waals surface area contributed by atoms with E-state index in [1.54, 1.807) is 7.11 Å². The van der Waals surface area contributed by atoms with Crippen molar-refractivity contribution in [3.8, 4) is 5.75 Å². The number of aromatic nitrogens is 2. The number of likely N-dealkylation sites (N-methyl/N-ethyl adjacent to an activating group) is 1. The molecule has 6 nitrogen and oxygen atoms in total. The molecule has 0 aromatic carbocycles. The molecule has 1 aliphatic rings. The van der Waals surface area contributed by atoms with Crippen LogP contribution < -0.4 is 15.0 Å². The monoisotopic (exact) mass is 266 g/mol. The first-order chi connectivity index (χ1) is 9.26. The van der Waals surface area contributed by atoms with Crippen LogP contribution >= 0.6 is 0 Å². The summed E-state index contributed by atoms with van der Waals surface area (Å²) in [4.78, 5) is 10.4. The number of rotatable bonds is 8. The number of hydrogen-bond donors (Lipinski definition) is 1. The van der Waals surface area contributed by atoms with E-state index in [1.807, 2.05) is 19.0 Å². The maximum Gasteiger partial charge on any atom is 0.204 e. The summed E-state index contributed by atoms with van der Waals surface area (Å²) in [6.07, 6.45) is 4.17. The summed E-state index contributed by atoms with van der Waals surface area (Å²) in [5.74, 6) is 2.93. The van der Waals surface area contributed by atoms with Gasteiger partial charge in [-0.3, -0.25) is 0 Å². The number of anilines is 2. The molecule has 1 fully saturated rings. The second-order valence-electron chi connectivity index (χ2n) is 4.77. The van der Waals surface area contributed by atoms with Crippen molar-refractivity contribution in [2.24, 2.45) is 5.92 Å². The molecular weight excluding hydrogens is 244 g/mol. The van der Waals surface area contributed by atoms with Crippen LogP contribution in [0.4, 0.5) is 11.6 Å². The first-order valence-corrected chi connectivity index (χ1v) is 6.62. The molecule has 0 aliphatic heterocycles. The van der Waals surface area contributed by atoms with Crippen LogP contribution in [0.2, 0.25) is 0 Å². The van der Waals surface area contributed by atoms with Crippen LogP contribution in [0.3, 0.4) is 0 Å². The van der Waals surface area contributed by atoms with E-state index in [0.717, 1.165) is 24.9 Å². The minimum Gasteiger partial charge on any atom is -0.490 e. The van der Waals surface area contributed by atoms with Gasteiger partial charge in [0.25, 0.3) is 0 Å². The smallest absolute Gasteiger partial charge is 0.204 e. The van der Waals surface area contributed by atoms with Crippen LogP contribution in [-0.2, 0) is 4.74 Å². The van der Waals surface area contributed by atoms with Gasteiger partial charge in [0.1, 0.15) is 6.33 Å². The Balaban J connectivity index is 1.90. The van der Waals surface area contributed by atoms with E-state index >= 15 is 0 Å². The largest absolute Gasteiger partial charge is 0.490 e. The fraction of sp³-hybridized carbons (Fsp3) is 0.692. The van der Waals surface area contributed by atoms with Crippen molar-refractivity contribution >= 4 is 11.6 Å². The molecule has 106 valence electrons. The van der Waals surface area contributed by atoms with Crippen molar-refractivity contribution in [1.29, 1.82) is 0 Å². The molecule has 1 aliphatic carbocycles. The van der Waals surface area contributed by atoms with Gasteiger partial charge in [-0.05, 0) is 18.8 Å². The third-order valence-corrected chi connectivity index (χ3v) is 3.21. The van der Waals surface area contributed by atoms with Gasteiger partial charge in [-0.15, -0.1) is 0 Å². The van der Waals surface area contributed by atoms with Gasteiger partial charge in [0.2, 0.25) is 5.75 Å². The Bertz CT molecular complexity index is 410. The lowest BCUT2D eigenvalue weighted by Crippen LogP contribution is -2.24. The summed E-state index contributed by atoms with van der Waals surface area (Å²) in [5.41, 5.74) is 0. The Kier molecular flexibility index (Phi) is 4.79. The molecule has 19 heavy (non-hydrogen) atoms. The zero-order valence-corrected chi connectivity index (χ0v) is 11.8. The number of nitrogens with one attached hydrogen (secondary N) is 1. The van der Waals surface area contributed by atoms with Gasteiger partial charge in [-0.2, -0.15) is 0 Å². The summed E-state index contributed by atoms with van der Waals surface area (Å²) < 4.78 is 11.0. The summed E-state index contributed by atoms with van der Waals surface area (Å²) in [6, 6.07) is 0. The normalized spacial score (nSPS) is 14.3. The van der Waals surface area contributed by atoms with Crippen molar-refractivity contribution < 1.29 is 9.47 Å². The van der Waals surface area contributed by atoms with Gasteiger partial charge in [0, 0.05) is 27.2 Å². The molecule has 1 saturated carbocycles. The number of hydrogen-bond acceptors (Lipinski definition) is 6. The molecule has 0 saturated heterocycles.